The van der Waals surface area contributed by atoms with E-state index in [1.165, 1.54) is 22.1 Å². The molecule has 0 fully saturated rings. The summed E-state index contributed by atoms with van der Waals surface area (Å²) < 4.78 is 5.65. The zero-order valence-corrected chi connectivity index (χ0v) is 20.7. The lowest BCUT2D eigenvalue weighted by Gasteiger charge is -2.22. The molecule has 0 atom stereocenters. The van der Waals surface area contributed by atoms with E-state index >= 15 is 0 Å². The quantitative estimate of drug-likeness (QED) is 0.222. The van der Waals surface area contributed by atoms with Gasteiger partial charge in [-0.2, -0.15) is 0 Å². The van der Waals surface area contributed by atoms with Crippen LogP contribution in [0.15, 0.2) is 84.9 Å². The summed E-state index contributed by atoms with van der Waals surface area (Å²) in [4.78, 5) is 2.11. The summed E-state index contributed by atoms with van der Waals surface area (Å²) in [5.74, 6) is 0.814. The first kappa shape index (κ1) is 22.7. The normalized spacial score (nSPS) is 11.0. The average Bonchev–Trinajstić information content (AvgIpc) is 3.35. The predicted octanol–water partition coefficient (Wildman–Crippen LogP) is 8.40. The molecule has 34 heavy (non-hydrogen) atoms. The van der Waals surface area contributed by atoms with Gasteiger partial charge in [0.25, 0.3) is 0 Å². The summed E-state index contributed by atoms with van der Waals surface area (Å²) in [5.41, 5.74) is 3.02. The van der Waals surface area contributed by atoms with Crippen molar-refractivity contribution >= 4 is 56.1 Å². The molecule has 0 bridgehead atoms. The second kappa shape index (κ2) is 10.0. The summed E-state index contributed by atoms with van der Waals surface area (Å²) in [7, 11) is 0. The van der Waals surface area contributed by atoms with Crippen LogP contribution in [-0.4, -0.2) is 16.8 Å². The summed E-state index contributed by atoms with van der Waals surface area (Å²) in [6.07, 6.45) is 0. The Morgan fingerprint density at radius 3 is 2.50 bits per heavy atom. The van der Waals surface area contributed by atoms with Gasteiger partial charge in [0, 0.05) is 11.3 Å². The fourth-order valence-corrected chi connectivity index (χ4v) is 4.92. The molecular formula is C27H21Cl2N3OS. The SMILES string of the molecule is CCOc1cccc(-c2nnc(N(Cc3ccc4ccccc4c3)c3ccc(Cl)c(Cl)c3)s2)c1. The van der Waals surface area contributed by atoms with Crippen LogP contribution in [0.25, 0.3) is 21.3 Å². The Balaban J connectivity index is 1.53. The first-order valence-corrected chi connectivity index (χ1v) is 12.4. The molecule has 0 N–H and O–H groups in total. The highest BCUT2D eigenvalue weighted by molar-refractivity contribution is 7.18. The van der Waals surface area contributed by atoms with Gasteiger partial charge in [0.2, 0.25) is 5.13 Å². The number of nitrogens with zero attached hydrogens (tertiary/aromatic N) is 3. The lowest BCUT2D eigenvalue weighted by Crippen LogP contribution is -2.16. The number of hydrogen-bond acceptors (Lipinski definition) is 5. The van der Waals surface area contributed by atoms with Crippen molar-refractivity contribution in [3.63, 3.8) is 0 Å². The highest BCUT2D eigenvalue weighted by atomic mass is 35.5. The monoisotopic (exact) mass is 505 g/mol. The Morgan fingerprint density at radius 2 is 1.68 bits per heavy atom. The number of hydrogen-bond donors (Lipinski definition) is 0. The molecule has 0 aliphatic rings. The number of ether oxygens (including phenoxy) is 1. The molecular weight excluding hydrogens is 485 g/mol. The molecule has 1 aromatic heterocycles. The van der Waals surface area contributed by atoms with Gasteiger partial charge in [0.15, 0.2) is 0 Å². The van der Waals surface area contributed by atoms with Crippen molar-refractivity contribution in [2.24, 2.45) is 0 Å². The number of fused-ring (bicyclic) bond motifs is 1. The van der Waals surface area contributed by atoms with Gasteiger partial charge in [0.05, 0.1) is 23.2 Å². The molecule has 7 heteroatoms. The van der Waals surface area contributed by atoms with Crippen molar-refractivity contribution in [3.05, 3.63) is 101 Å². The van der Waals surface area contributed by atoms with Gasteiger partial charge in [-0.25, -0.2) is 0 Å². The van der Waals surface area contributed by atoms with Crippen LogP contribution in [0, 0.1) is 0 Å². The van der Waals surface area contributed by atoms with Crippen LogP contribution in [0.3, 0.4) is 0 Å². The number of aromatic nitrogens is 2. The second-order valence-electron chi connectivity index (χ2n) is 7.72. The molecule has 5 rings (SSSR count). The molecule has 4 aromatic carbocycles. The predicted molar refractivity (Wildman–Crippen MR) is 143 cm³/mol. The van der Waals surface area contributed by atoms with Crippen LogP contribution in [0.2, 0.25) is 10.0 Å². The van der Waals surface area contributed by atoms with Gasteiger partial charge in [-0.15, -0.1) is 10.2 Å². The molecule has 0 saturated carbocycles. The van der Waals surface area contributed by atoms with Crippen LogP contribution < -0.4 is 9.64 Å². The lowest BCUT2D eigenvalue weighted by atomic mass is 10.1. The minimum atomic E-state index is 0.497. The maximum atomic E-state index is 6.37. The van der Waals surface area contributed by atoms with Gasteiger partial charge >= 0.3 is 0 Å². The van der Waals surface area contributed by atoms with Crippen LogP contribution in [0.5, 0.6) is 5.75 Å². The van der Waals surface area contributed by atoms with E-state index in [1.54, 1.807) is 6.07 Å². The Kier molecular flexibility index (Phi) is 6.68. The Morgan fingerprint density at radius 1 is 0.824 bits per heavy atom. The Labute approximate surface area is 212 Å². The number of benzene rings is 4. The average molecular weight is 506 g/mol. The minimum Gasteiger partial charge on any atom is -0.494 e. The molecule has 4 nitrogen and oxygen atoms in total. The molecule has 5 aromatic rings. The van der Waals surface area contributed by atoms with Crippen molar-refractivity contribution < 1.29 is 4.74 Å². The zero-order chi connectivity index (χ0) is 23.5. The summed E-state index contributed by atoms with van der Waals surface area (Å²) >= 11 is 14.1. The smallest absolute Gasteiger partial charge is 0.213 e. The van der Waals surface area contributed by atoms with Gasteiger partial charge in [-0.3, -0.25) is 0 Å². The maximum Gasteiger partial charge on any atom is 0.213 e. The van der Waals surface area contributed by atoms with E-state index in [0.717, 1.165) is 32.7 Å². The van der Waals surface area contributed by atoms with E-state index < -0.39 is 0 Å². The fourth-order valence-electron chi connectivity index (χ4n) is 3.77. The van der Waals surface area contributed by atoms with E-state index in [2.05, 4.69) is 51.5 Å². The maximum absolute atomic E-state index is 6.37. The standard InChI is InChI=1S/C27H21Cl2N3OS/c1-2-33-23-9-5-8-21(15-23)26-30-31-27(34-26)32(22-12-13-24(28)25(29)16-22)17-18-10-11-19-6-3-4-7-20(19)14-18/h3-16H,2,17H2,1H3. The van der Waals surface area contributed by atoms with Crippen molar-refractivity contribution in [3.8, 4) is 16.3 Å². The first-order valence-electron chi connectivity index (χ1n) is 10.9. The van der Waals surface area contributed by atoms with E-state index in [9.17, 15) is 0 Å². The number of rotatable bonds is 7. The fraction of sp³-hybridized carbons (Fsp3) is 0.111. The van der Waals surface area contributed by atoms with E-state index in [0.29, 0.717) is 23.2 Å². The lowest BCUT2D eigenvalue weighted by molar-refractivity contribution is 0.340. The van der Waals surface area contributed by atoms with E-state index in [-0.39, 0.29) is 0 Å². The minimum absolute atomic E-state index is 0.497. The molecule has 0 radical (unpaired) electrons. The van der Waals surface area contributed by atoms with E-state index in [1.807, 2.05) is 49.4 Å². The van der Waals surface area contributed by atoms with Gasteiger partial charge in [-0.1, -0.05) is 83.1 Å². The summed E-state index contributed by atoms with van der Waals surface area (Å²) in [6, 6.07) is 28.3. The molecule has 0 aliphatic heterocycles. The van der Waals surface area contributed by atoms with Gasteiger partial charge < -0.3 is 9.64 Å². The van der Waals surface area contributed by atoms with Gasteiger partial charge in [-0.05, 0) is 59.7 Å². The highest BCUT2D eigenvalue weighted by Crippen LogP contribution is 2.37. The van der Waals surface area contributed by atoms with Crippen LogP contribution in [0.1, 0.15) is 12.5 Å². The van der Waals surface area contributed by atoms with Gasteiger partial charge in [0.1, 0.15) is 10.8 Å². The van der Waals surface area contributed by atoms with Crippen molar-refractivity contribution in [1.29, 1.82) is 0 Å². The zero-order valence-electron chi connectivity index (χ0n) is 18.4. The Hall–Kier alpha value is -3.12. The second-order valence-corrected chi connectivity index (χ2v) is 9.49. The highest BCUT2D eigenvalue weighted by Gasteiger charge is 2.18. The van der Waals surface area contributed by atoms with Crippen molar-refractivity contribution in [1.82, 2.24) is 10.2 Å². The molecule has 1 heterocycles. The van der Waals surface area contributed by atoms with Crippen molar-refractivity contribution in [2.75, 3.05) is 11.5 Å². The molecule has 0 aliphatic carbocycles. The molecule has 170 valence electrons. The third kappa shape index (κ3) is 4.87. The third-order valence-corrected chi connectivity index (χ3v) is 7.14. The Bertz CT molecular complexity index is 1450. The summed E-state index contributed by atoms with van der Waals surface area (Å²) in [5, 5.41) is 14.0. The van der Waals surface area contributed by atoms with Crippen LogP contribution in [0.4, 0.5) is 10.8 Å². The number of halogens is 2. The topological polar surface area (TPSA) is 38.3 Å². The third-order valence-electron chi connectivity index (χ3n) is 5.41. The molecule has 0 saturated heterocycles. The molecule has 0 spiro atoms. The van der Waals surface area contributed by atoms with E-state index in [4.69, 9.17) is 27.9 Å². The molecule has 0 amide bonds. The first-order chi connectivity index (χ1) is 16.6. The number of anilines is 2. The van der Waals surface area contributed by atoms with Crippen LogP contribution >= 0.6 is 34.5 Å². The van der Waals surface area contributed by atoms with Crippen LogP contribution in [-0.2, 0) is 6.54 Å². The molecule has 0 unspecified atom stereocenters. The summed E-state index contributed by atoms with van der Waals surface area (Å²) in [6.45, 7) is 3.19. The van der Waals surface area contributed by atoms with Crippen molar-refractivity contribution in [2.45, 2.75) is 13.5 Å². The largest absolute Gasteiger partial charge is 0.494 e.